The molecule has 0 amide bonds. The topological polar surface area (TPSA) is 28.7 Å². The molecule has 1 aromatic heterocycles. The van der Waals surface area contributed by atoms with Gasteiger partial charge in [-0.2, -0.15) is 0 Å². The lowest BCUT2D eigenvalue weighted by atomic mass is 10.1. The minimum Gasteiger partial charge on any atom is -0.338 e. The summed E-state index contributed by atoms with van der Waals surface area (Å²) in [5, 5.41) is 0. The minimum absolute atomic E-state index is 0.293. The fourth-order valence-electron chi connectivity index (χ4n) is 2.02. The first-order chi connectivity index (χ1) is 8.65. The minimum atomic E-state index is -0.293. The normalized spacial score (nSPS) is 11.1. The number of hydrogen-bond donors (Lipinski definition) is 1. The third-order valence-corrected chi connectivity index (χ3v) is 3.24. The molecule has 3 aromatic rings. The summed E-state index contributed by atoms with van der Waals surface area (Å²) in [6.07, 6.45) is 0. The van der Waals surface area contributed by atoms with Gasteiger partial charge in [0.1, 0.15) is 11.3 Å². The van der Waals surface area contributed by atoms with Crippen LogP contribution in [-0.2, 0) is 0 Å². The first-order valence-electron chi connectivity index (χ1n) is 5.87. The van der Waals surface area contributed by atoms with Crippen molar-refractivity contribution in [2.75, 3.05) is 0 Å². The Bertz CT molecular complexity index is 728. The van der Waals surface area contributed by atoms with E-state index in [1.807, 2.05) is 18.2 Å². The molecule has 1 heterocycles. The maximum atomic E-state index is 13.6. The number of aryl methyl sites for hydroxylation is 2. The molecule has 0 fully saturated rings. The Labute approximate surface area is 104 Å². The predicted molar refractivity (Wildman–Crippen MR) is 71.0 cm³/mol. The number of imidazole rings is 1. The lowest BCUT2D eigenvalue weighted by Gasteiger charge is -2.02. The third kappa shape index (κ3) is 1.68. The summed E-state index contributed by atoms with van der Waals surface area (Å²) in [5.41, 5.74) is 4.54. The fourth-order valence-corrected chi connectivity index (χ4v) is 2.02. The molecule has 0 saturated carbocycles. The molecular weight excluding hydrogens is 227 g/mol. The van der Waals surface area contributed by atoms with Gasteiger partial charge in [-0.05, 0) is 43.2 Å². The summed E-state index contributed by atoms with van der Waals surface area (Å²) in [4.78, 5) is 7.47. The highest BCUT2D eigenvalue weighted by Crippen LogP contribution is 2.23. The molecule has 0 saturated heterocycles. The van der Waals surface area contributed by atoms with Crippen molar-refractivity contribution in [3.05, 3.63) is 53.3 Å². The van der Waals surface area contributed by atoms with Gasteiger partial charge < -0.3 is 4.98 Å². The third-order valence-electron chi connectivity index (χ3n) is 3.24. The second kappa shape index (κ2) is 3.95. The summed E-state index contributed by atoms with van der Waals surface area (Å²) in [6, 6.07) is 11.0. The van der Waals surface area contributed by atoms with Gasteiger partial charge in [-0.1, -0.05) is 18.2 Å². The number of nitrogens with zero attached hydrogens (tertiary/aromatic N) is 1. The van der Waals surface area contributed by atoms with E-state index in [-0.39, 0.29) is 5.82 Å². The Hall–Kier alpha value is -2.16. The van der Waals surface area contributed by atoms with Crippen LogP contribution in [0.1, 0.15) is 11.1 Å². The zero-order chi connectivity index (χ0) is 12.7. The summed E-state index contributed by atoms with van der Waals surface area (Å²) in [7, 11) is 0. The van der Waals surface area contributed by atoms with Crippen molar-refractivity contribution in [3.63, 3.8) is 0 Å². The molecule has 0 unspecified atom stereocenters. The average Bonchev–Trinajstić information content (AvgIpc) is 2.78. The molecule has 3 heteroatoms. The van der Waals surface area contributed by atoms with Gasteiger partial charge in [0.05, 0.1) is 5.52 Å². The Morgan fingerprint density at radius 3 is 2.61 bits per heavy atom. The quantitative estimate of drug-likeness (QED) is 0.684. The largest absolute Gasteiger partial charge is 0.338 e. The molecule has 2 aromatic carbocycles. The van der Waals surface area contributed by atoms with E-state index in [2.05, 4.69) is 29.9 Å². The number of para-hydroxylation sites is 1. The van der Waals surface area contributed by atoms with E-state index >= 15 is 0 Å². The molecule has 0 bridgehead atoms. The molecule has 1 N–H and O–H groups in total. The fraction of sp³-hybridized carbons (Fsp3) is 0.133. The first kappa shape index (κ1) is 11.0. The van der Waals surface area contributed by atoms with E-state index in [1.165, 1.54) is 17.2 Å². The lowest BCUT2D eigenvalue weighted by Crippen LogP contribution is -1.85. The van der Waals surface area contributed by atoms with Crippen LogP contribution in [0.4, 0.5) is 4.39 Å². The second-order valence-corrected chi connectivity index (χ2v) is 4.52. The number of aromatic amines is 1. The van der Waals surface area contributed by atoms with Crippen LogP contribution in [0, 0.1) is 19.7 Å². The van der Waals surface area contributed by atoms with E-state index in [0.717, 1.165) is 11.1 Å². The summed E-state index contributed by atoms with van der Waals surface area (Å²) < 4.78 is 13.6. The first-order valence-corrected chi connectivity index (χ1v) is 5.87. The summed E-state index contributed by atoms with van der Waals surface area (Å²) in [5.74, 6) is 0.414. The van der Waals surface area contributed by atoms with Crippen LogP contribution in [0.5, 0.6) is 0 Å². The van der Waals surface area contributed by atoms with Crippen molar-refractivity contribution in [3.8, 4) is 11.4 Å². The van der Waals surface area contributed by atoms with Crippen LogP contribution in [0.15, 0.2) is 36.4 Å². The Morgan fingerprint density at radius 2 is 1.89 bits per heavy atom. The zero-order valence-electron chi connectivity index (χ0n) is 10.3. The molecular formula is C15H13FN2. The van der Waals surface area contributed by atoms with Gasteiger partial charge in [0.25, 0.3) is 0 Å². The number of fused-ring (bicyclic) bond motifs is 1. The van der Waals surface area contributed by atoms with Gasteiger partial charge in [0, 0.05) is 5.56 Å². The maximum absolute atomic E-state index is 13.6. The highest BCUT2D eigenvalue weighted by atomic mass is 19.1. The number of hydrogen-bond acceptors (Lipinski definition) is 1. The SMILES string of the molecule is Cc1ccc(-c2nc3c(F)cccc3[nH]2)cc1C. The van der Waals surface area contributed by atoms with Crippen molar-refractivity contribution < 1.29 is 4.39 Å². The van der Waals surface area contributed by atoms with Gasteiger partial charge in [-0.25, -0.2) is 9.37 Å². The molecule has 0 atom stereocenters. The number of rotatable bonds is 1. The second-order valence-electron chi connectivity index (χ2n) is 4.52. The van der Waals surface area contributed by atoms with Gasteiger partial charge in [-0.15, -0.1) is 0 Å². The molecule has 3 rings (SSSR count). The smallest absolute Gasteiger partial charge is 0.151 e. The standard InChI is InChI=1S/C15H13FN2/c1-9-6-7-11(8-10(9)2)15-17-13-5-3-4-12(16)14(13)18-15/h3-8H,1-2H3,(H,17,18). The number of aromatic nitrogens is 2. The van der Waals surface area contributed by atoms with E-state index in [0.29, 0.717) is 11.3 Å². The van der Waals surface area contributed by atoms with E-state index < -0.39 is 0 Å². The Kier molecular flexibility index (Phi) is 2.40. The maximum Gasteiger partial charge on any atom is 0.151 e. The van der Waals surface area contributed by atoms with Crippen LogP contribution >= 0.6 is 0 Å². The van der Waals surface area contributed by atoms with Crippen molar-refractivity contribution in [2.45, 2.75) is 13.8 Å². The van der Waals surface area contributed by atoms with E-state index in [9.17, 15) is 4.39 Å². The number of halogens is 1. The van der Waals surface area contributed by atoms with Gasteiger partial charge in [0.2, 0.25) is 0 Å². The van der Waals surface area contributed by atoms with Crippen LogP contribution in [-0.4, -0.2) is 9.97 Å². The highest BCUT2D eigenvalue weighted by Gasteiger charge is 2.08. The van der Waals surface area contributed by atoms with Gasteiger partial charge in [-0.3, -0.25) is 0 Å². The average molecular weight is 240 g/mol. The zero-order valence-corrected chi connectivity index (χ0v) is 10.3. The van der Waals surface area contributed by atoms with E-state index in [4.69, 9.17) is 0 Å². The Morgan fingerprint density at radius 1 is 1.06 bits per heavy atom. The van der Waals surface area contributed by atoms with Crippen molar-refractivity contribution in [1.29, 1.82) is 0 Å². The van der Waals surface area contributed by atoms with Crippen LogP contribution in [0.25, 0.3) is 22.4 Å². The molecule has 0 spiro atoms. The summed E-state index contributed by atoms with van der Waals surface area (Å²) in [6.45, 7) is 4.12. The number of H-pyrrole nitrogens is 1. The number of benzene rings is 2. The van der Waals surface area contributed by atoms with Crippen molar-refractivity contribution in [1.82, 2.24) is 9.97 Å². The van der Waals surface area contributed by atoms with E-state index in [1.54, 1.807) is 6.07 Å². The molecule has 0 aliphatic carbocycles. The molecule has 90 valence electrons. The molecule has 0 aliphatic rings. The predicted octanol–water partition coefficient (Wildman–Crippen LogP) is 3.99. The van der Waals surface area contributed by atoms with Crippen LogP contribution in [0.2, 0.25) is 0 Å². The highest BCUT2D eigenvalue weighted by molar-refractivity contribution is 5.79. The Balaban J connectivity index is 2.19. The monoisotopic (exact) mass is 240 g/mol. The van der Waals surface area contributed by atoms with Crippen LogP contribution < -0.4 is 0 Å². The molecule has 0 radical (unpaired) electrons. The number of nitrogens with one attached hydrogen (secondary N) is 1. The molecule has 18 heavy (non-hydrogen) atoms. The van der Waals surface area contributed by atoms with Crippen LogP contribution in [0.3, 0.4) is 0 Å². The lowest BCUT2D eigenvalue weighted by molar-refractivity contribution is 0.637. The van der Waals surface area contributed by atoms with Gasteiger partial charge >= 0.3 is 0 Å². The van der Waals surface area contributed by atoms with Crippen molar-refractivity contribution in [2.24, 2.45) is 0 Å². The van der Waals surface area contributed by atoms with Gasteiger partial charge in [0.15, 0.2) is 5.82 Å². The van der Waals surface area contributed by atoms with Crippen molar-refractivity contribution >= 4 is 11.0 Å². The molecule has 2 nitrogen and oxygen atoms in total. The summed E-state index contributed by atoms with van der Waals surface area (Å²) >= 11 is 0. The molecule has 0 aliphatic heterocycles.